The van der Waals surface area contributed by atoms with E-state index < -0.39 is 45.7 Å². The second-order valence-electron chi connectivity index (χ2n) is 10.4. The molecule has 3 amide bonds. The number of carbonyl (C=O) groups excluding carboxylic acids is 3. The van der Waals surface area contributed by atoms with Crippen LogP contribution in [0.2, 0.25) is 0 Å². The Labute approximate surface area is 217 Å². The number of likely N-dealkylation sites (N-methyl/N-ethyl adjacent to an activating group) is 1. The normalized spacial score (nSPS) is 21.7. The molecule has 5 rings (SSSR count). The van der Waals surface area contributed by atoms with Gasteiger partial charge in [0.25, 0.3) is 11.5 Å². The second-order valence-corrected chi connectivity index (χ2v) is 10.4. The van der Waals surface area contributed by atoms with Crippen LogP contribution in [0.15, 0.2) is 28.1 Å². The Morgan fingerprint density at radius 1 is 1.24 bits per heavy atom. The molecule has 38 heavy (non-hydrogen) atoms. The Morgan fingerprint density at radius 3 is 2.53 bits per heavy atom. The van der Waals surface area contributed by atoms with Gasteiger partial charge in [-0.05, 0) is 54.9 Å². The van der Waals surface area contributed by atoms with Crippen LogP contribution in [0.25, 0.3) is 0 Å². The van der Waals surface area contributed by atoms with Gasteiger partial charge >= 0.3 is 11.8 Å². The topological polar surface area (TPSA) is 172 Å². The van der Waals surface area contributed by atoms with Crippen LogP contribution in [0.5, 0.6) is 5.75 Å². The number of nitrogens with two attached hydrogens (primary N) is 1. The van der Waals surface area contributed by atoms with E-state index in [4.69, 9.17) is 5.53 Å². The van der Waals surface area contributed by atoms with Gasteiger partial charge in [0.15, 0.2) is 5.69 Å². The molecule has 3 heterocycles. The number of fused-ring (bicyclic) bond motifs is 2. The Balaban J connectivity index is 1.75. The fourth-order valence-electron chi connectivity index (χ4n) is 5.28. The zero-order valence-corrected chi connectivity index (χ0v) is 21.5. The van der Waals surface area contributed by atoms with Crippen LogP contribution in [0.3, 0.4) is 0 Å². The third kappa shape index (κ3) is 4.75. The molecule has 12 nitrogen and oxygen atoms in total. The Hall–Kier alpha value is -4.16. The highest BCUT2D eigenvalue weighted by Crippen LogP contribution is 2.49. The highest BCUT2D eigenvalue weighted by molar-refractivity contribution is 6.35. The number of nitrogens with one attached hydrogen (secondary N) is 2. The number of aromatic hydroxyl groups is 1. The number of aromatic nitrogens is 2. The number of hydrogen-bond donors (Lipinski definition) is 4. The summed E-state index contributed by atoms with van der Waals surface area (Å²) in [6.07, 6.45) is 1.67. The molecule has 0 saturated heterocycles. The number of amides is 3. The van der Waals surface area contributed by atoms with Crippen molar-refractivity contribution in [2.45, 2.75) is 51.2 Å². The van der Waals surface area contributed by atoms with Gasteiger partial charge in [0.05, 0.1) is 5.54 Å². The minimum Gasteiger partial charge on any atom is -0.501 e. The smallest absolute Gasteiger partial charge is 0.311 e. The maximum atomic E-state index is 13.6. The molecule has 0 spiro atoms. The van der Waals surface area contributed by atoms with E-state index in [-0.39, 0.29) is 31.3 Å². The van der Waals surface area contributed by atoms with Gasteiger partial charge in [-0.1, -0.05) is 12.1 Å². The van der Waals surface area contributed by atoms with Crippen molar-refractivity contribution < 1.29 is 29.4 Å². The van der Waals surface area contributed by atoms with Crippen molar-refractivity contribution >= 4 is 17.7 Å². The maximum Gasteiger partial charge on any atom is 0.311 e. The summed E-state index contributed by atoms with van der Waals surface area (Å²) in [5.41, 5.74) is 3.43. The third-order valence-corrected chi connectivity index (χ3v) is 7.50. The number of carbonyl (C=O) groups is 3. The van der Waals surface area contributed by atoms with Crippen molar-refractivity contribution in [1.82, 2.24) is 25.1 Å². The second kappa shape index (κ2) is 9.95. The van der Waals surface area contributed by atoms with Crippen molar-refractivity contribution in [3.05, 3.63) is 57.0 Å². The van der Waals surface area contributed by atoms with Crippen LogP contribution in [0.4, 0.5) is 4.39 Å². The summed E-state index contributed by atoms with van der Waals surface area (Å²) in [4.78, 5) is 57.2. The summed E-state index contributed by atoms with van der Waals surface area (Å²) in [6, 6.07) is 4.36. The van der Waals surface area contributed by atoms with Crippen LogP contribution >= 0.6 is 0 Å². The molecule has 2 aromatic rings. The summed E-state index contributed by atoms with van der Waals surface area (Å²) in [7, 11) is 2.89. The van der Waals surface area contributed by atoms with Crippen molar-refractivity contribution in [2.24, 2.45) is 10.5 Å². The van der Waals surface area contributed by atoms with E-state index in [0.717, 1.165) is 4.90 Å². The highest BCUT2D eigenvalue weighted by Gasteiger charge is 2.52. The third-order valence-electron chi connectivity index (χ3n) is 7.50. The van der Waals surface area contributed by atoms with E-state index in [0.29, 0.717) is 36.8 Å². The molecule has 202 valence electrons. The zero-order chi connectivity index (χ0) is 27.8. The lowest BCUT2D eigenvalue weighted by molar-refractivity contribution is -0.227. The van der Waals surface area contributed by atoms with Crippen LogP contribution in [0, 0.1) is 18.2 Å². The zero-order valence-electron chi connectivity index (χ0n) is 21.5. The molecule has 0 unspecified atom stereocenters. The molecule has 1 aromatic carbocycles. The molecule has 13 heteroatoms. The summed E-state index contributed by atoms with van der Waals surface area (Å²) in [5, 5.41) is 19.9. The van der Waals surface area contributed by atoms with Gasteiger partial charge in [-0.3, -0.25) is 23.7 Å². The van der Waals surface area contributed by atoms with E-state index in [1.165, 1.54) is 30.8 Å². The number of nitrogens with zero attached hydrogens (tertiary/aromatic N) is 4. The summed E-state index contributed by atoms with van der Waals surface area (Å²) >= 11 is 0. The number of halogens is 1. The Bertz CT molecular complexity index is 1380. The molecule has 5 N–H and O–H groups in total. The summed E-state index contributed by atoms with van der Waals surface area (Å²) in [6.45, 7) is 1.97. The predicted molar refractivity (Wildman–Crippen MR) is 131 cm³/mol. The molecule has 1 saturated carbocycles. The molecule has 1 aromatic heterocycles. The van der Waals surface area contributed by atoms with E-state index in [9.17, 15) is 28.7 Å². The first-order valence-electron chi connectivity index (χ1n) is 12.2. The van der Waals surface area contributed by atoms with E-state index >= 15 is 0 Å². The number of aryl methyl sites for hydroxylation is 1. The van der Waals surface area contributed by atoms with Crippen molar-refractivity contribution in [3.63, 3.8) is 0 Å². The van der Waals surface area contributed by atoms with E-state index in [2.05, 4.69) is 20.7 Å². The average Bonchev–Trinajstić information content (AvgIpc) is 3.09. The van der Waals surface area contributed by atoms with Crippen LogP contribution < -0.4 is 21.7 Å². The van der Waals surface area contributed by atoms with E-state index in [1.807, 2.05) is 0 Å². The fourth-order valence-corrected chi connectivity index (χ4v) is 5.28. The highest BCUT2D eigenvalue weighted by atomic mass is 19.1. The van der Waals surface area contributed by atoms with Crippen molar-refractivity contribution in [2.75, 3.05) is 20.6 Å². The number of benzene rings is 1. The molecule has 2 bridgehead atoms. The molecule has 3 aliphatic rings. The number of hydrogen-bond acceptors (Lipinski definition) is 7. The SMILES string of the molecule is Cc1cc(CNC(=O)c2nc3n(c(=O)c2O)CC2(CN=[NH2+])CCC3(NC(=O)C(=O)N(C)C)CC2)ccc1F. The van der Waals surface area contributed by atoms with Gasteiger partial charge < -0.3 is 20.6 Å². The van der Waals surface area contributed by atoms with Gasteiger partial charge in [0, 0.05) is 32.6 Å². The first-order valence-corrected chi connectivity index (χ1v) is 12.2. The van der Waals surface area contributed by atoms with Gasteiger partial charge in [-0.2, -0.15) is 5.53 Å². The fraction of sp³-hybridized carbons (Fsp3) is 0.480. The molecule has 1 fully saturated rings. The van der Waals surface area contributed by atoms with Gasteiger partial charge in [-0.15, -0.1) is 0 Å². The molecular formula is C25H31FN7O5+. The molecule has 0 atom stereocenters. The lowest BCUT2D eigenvalue weighted by atomic mass is 9.68. The predicted octanol–water partition coefficient (Wildman–Crippen LogP) is -0.489. The maximum absolute atomic E-state index is 13.6. The summed E-state index contributed by atoms with van der Waals surface area (Å²) < 4.78 is 14.8. The first-order chi connectivity index (χ1) is 17.9. The molecule has 2 aliphatic heterocycles. The van der Waals surface area contributed by atoms with Crippen molar-refractivity contribution in [3.8, 4) is 5.75 Å². The van der Waals surface area contributed by atoms with E-state index in [1.54, 1.807) is 13.0 Å². The van der Waals surface area contributed by atoms with Crippen molar-refractivity contribution in [1.29, 1.82) is 0 Å². The molecule has 0 radical (unpaired) electrons. The largest absolute Gasteiger partial charge is 0.501 e. The summed E-state index contributed by atoms with van der Waals surface area (Å²) in [5.74, 6) is -3.61. The van der Waals surface area contributed by atoms with Crippen LogP contribution in [-0.2, 0) is 28.2 Å². The monoisotopic (exact) mass is 528 g/mol. The van der Waals surface area contributed by atoms with Gasteiger partial charge in [0.2, 0.25) is 5.75 Å². The minimum atomic E-state index is -1.23. The van der Waals surface area contributed by atoms with Crippen LogP contribution in [0.1, 0.15) is 53.1 Å². The Morgan fingerprint density at radius 2 is 1.92 bits per heavy atom. The van der Waals surface area contributed by atoms with Gasteiger partial charge in [-0.25, -0.2) is 9.37 Å². The molecular weight excluding hydrogens is 497 g/mol. The first kappa shape index (κ1) is 26.9. The Kier molecular flexibility index (Phi) is 7.04. The standard InChI is InChI=1S/C25H30FN7O5/c1-14-10-15(4-5-16(14)26)11-28-19(35)17-18(34)21(37)33-13-24(12-29-27)6-8-25(9-7-24,23(33)30-17)31-20(36)22(38)32(2)3/h4-5,10,27,34H,6-9,11-13H2,1-3H3,(H,28,35)(H,31,36)/p+1. The lowest BCUT2D eigenvalue weighted by Gasteiger charge is -2.41. The quantitative estimate of drug-likeness (QED) is 0.291. The number of rotatable bonds is 6. The molecule has 1 aliphatic carbocycles. The average molecular weight is 529 g/mol. The van der Waals surface area contributed by atoms with Gasteiger partial charge in [0.1, 0.15) is 18.2 Å². The minimum absolute atomic E-state index is 0.000177. The lowest BCUT2D eigenvalue weighted by Crippen LogP contribution is -2.54. The van der Waals surface area contributed by atoms with Crippen LogP contribution in [-0.4, -0.2) is 57.9 Å².